The van der Waals surface area contributed by atoms with Crippen LogP contribution in [0.15, 0.2) is 36.9 Å². The standard InChI is InChI=1S/C13H12ClN3S/c1-2-11(17-6-5-15-8-17)13-10-7-9(14)3-4-12(10)18-16-13/h3-8,11H,2H2,1H3. The highest BCUT2D eigenvalue weighted by Crippen LogP contribution is 2.32. The lowest BCUT2D eigenvalue weighted by Crippen LogP contribution is -2.08. The van der Waals surface area contributed by atoms with Crippen LogP contribution in [0.5, 0.6) is 0 Å². The Morgan fingerprint density at radius 3 is 3.06 bits per heavy atom. The molecule has 0 saturated heterocycles. The van der Waals surface area contributed by atoms with E-state index in [-0.39, 0.29) is 6.04 Å². The van der Waals surface area contributed by atoms with Gasteiger partial charge in [-0.3, -0.25) is 0 Å². The average Bonchev–Trinajstić information content (AvgIpc) is 3.01. The van der Waals surface area contributed by atoms with Gasteiger partial charge in [0.25, 0.3) is 0 Å². The van der Waals surface area contributed by atoms with Crippen LogP contribution in [0.1, 0.15) is 25.1 Å². The van der Waals surface area contributed by atoms with Crippen LogP contribution >= 0.6 is 23.1 Å². The van der Waals surface area contributed by atoms with Crippen LogP contribution in [-0.4, -0.2) is 13.9 Å². The number of hydrogen-bond acceptors (Lipinski definition) is 3. The van der Waals surface area contributed by atoms with Crippen molar-refractivity contribution in [1.82, 2.24) is 13.9 Å². The Morgan fingerprint density at radius 2 is 2.33 bits per heavy atom. The van der Waals surface area contributed by atoms with Gasteiger partial charge in [0.05, 0.1) is 22.8 Å². The molecule has 92 valence electrons. The quantitative estimate of drug-likeness (QED) is 0.720. The number of halogens is 1. The molecule has 1 atom stereocenters. The summed E-state index contributed by atoms with van der Waals surface area (Å²) in [6.07, 6.45) is 6.58. The van der Waals surface area contributed by atoms with Crippen molar-refractivity contribution in [3.05, 3.63) is 47.6 Å². The summed E-state index contributed by atoms with van der Waals surface area (Å²) >= 11 is 7.60. The first-order chi connectivity index (χ1) is 8.79. The third-order valence-electron chi connectivity index (χ3n) is 3.05. The molecular weight excluding hydrogens is 266 g/mol. The molecule has 3 aromatic rings. The van der Waals surface area contributed by atoms with E-state index in [9.17, 15) is 0 Å². The molecule has 2 heterocycles. The van der Waals surface area contributed by atoms with Gasteiger partial charge in [-0.15, -0.1) is 0 Å². The van der Waals surface area contributed by atoms with Crippen LogP contribution < -0.4 is 0 Å². The molecule has 0 spiro atoms. The van der Waals surface area contributed by atoms with Crippen molar-refractivity contribution in [2.24, 2.45) is 0 Å². The molecule has 5 heteroatoms. The molecule has 0 aliphatic rings. The van der Waals surface area contributed by atoms with Crippen molar-refractivity contribution >= 4 is 33.2 Å². The molecule has 0 N–H and O–H groups in total. The second kappa shape index (κ2) is 4.71. The largest absolute Gasteiger partial charge is 0.328 e. The van der Waals surface area contributed by atoms with E-state index in [0.717, 1.165) is 22.5 Å². The second-order valence-electron chi connectivity index (χ2n) is 4.14. The van der Waals surface area contributed by atoms with Crippen LogP contribution in [-0.2, 0) is 0 Å². The predicted octanol–water partition coefficient (Wildman–Crippen LogP) is 4.15. The Labute approximate surface area is 114 Å². The van der Waals surface area contributed by atoms with Crippen LogP contribution in [0, 0.1) is 0 Å². The number of fused-ring (bicyclic) bond motifs is 1. The molecule has 1 aromatic carbocycles. The minimum atomic E-state index is 0.222. The third-order valence-corrected chi connectivity index (χ3v) is 4.12. The topological polar surface area (TPSA) is 30.7 Å². The Hall–Kier alpha value is -1.39. The van der Waals surface area contributed by atoms with E-state index in [4.69, 9.17) is 11.6 Å². The van der Waals surface area contributed by atoms with Gasteiger partial charge < -0.3 is 4.57 Å². The number of hydrogen-bond donors (Lipinski definition) is 0. The summed E-state index contributed by atoms with van der Waals surface area (Å²) in [5.74, 6) is 0. The summed E-state index contributed by atoms with van der Waals surface area (Å²) < 4.78 is 7.86. The van der Waals surface area contributed by atoms with Crippen molar-refractivity contribution in [2.45, 2.75) is 19.4 Å². The molecule has 3 nitrogen and oxygen atoms in total. The zero-order valence-corrected chi connectivity index (χ0v) is 11.4. The lowest BCUT2D eigenvalue weighted by Gasteiger charge is -2.14. The van der Waals surface area contributed by atoms with Gasteiger partial charge in [0.1, 0.15) is 0 Å². The molecule has 2 aromatic heterocycles. The summed E-state index contributed by atoms with van der Waals surface area (Å²) in [6.45, 7) is 2.15. The maximum atomic E-state index is 6.08. The van der Waals surface area contributed by atoms with Crippen LogP contribution in [0.2, 0.25) is 5.02 Å². The van der Waals surface area contributed by atoms with E-state index < -0.39 is 0 Å². The van der Waals surface area contributed by atoms with E-state index in [1.165, 1.54) is 16.2 Å². The van der Waals surface area contributed by atoms with Crippen LogP contribution in [0.3, 0.4) is 0 Å². The maximum absolute atomic E-state index is 6.08. The Balaban J connectivity index is 2.15. The van der Waals surface area contributed by atoms with E-state index in [1.807, 2.05) is 30.7 Å². The van der Waals surface area contributed by atoms with Crippen molar-refractivity contribution in [1.29, 1.82) is 0 Å². The Kier molecular flexibility index (Phi) is 3.06. The molecule has 0 amide bonds. The van der Waals surface area contributed by atoms with Gasteiger partial charge in [-0.05, 0) is 36.2 Å². The van der Waals surface area contributed by atoms with Gasteiger partial charge in [-0.2, -0.15) is 4.37 Å². The third kappa shape index (κ3) is 1.91. The Morgan fingerprint density at radius 1 is 1.44 bits per heavy atom. The fraction of sp³-hybridized carbons (Fsp3) is 0.231. The highest BCUT2D eigenvalue weighted by Gasteiger charge is 2.17. The highest BCUT2D eigenvalue weighted by atomic mass is 35.5. The molecule has 0 saturated carbocycles. The summed E-state index contributed by atoms with van der Waals surface area (Å²) in [5, 5.41) is 1.90. The first-order valence-corrected chi connectivity index (χ1v) is 6.97. The predicted molar refractivity (Wildman–Crippen MR) is 75.3 cm³/mol. The van der Waals surface area contributed by atoms with Crippen molar-refractivity contribution in [2.75, 3.05) is 0 Å². The number of imidazole rings is 1. The van der Waals surface area contributed by atoms with Gasteiger partial charge in [-0.1, -0.05) is 18.5 Å². The number of rotatable bonds is 3. The first-order valence-electron chi connectivity index (χ1n) is 5.82. The second-order valence-corrected chi connectivity index (χ2v) is 5.38. The van der Waals surface area contributed by atoms with Crippen LogP contribution in [0.4, 0.5) is 0 Å². The molecule has 1 unspecified atom stereocenters. The molecule has 0 fully saturated rings. The highest BCUT2D eigenvalue weighted by molar-refractivity contribution is 7.13. The summed E-state index contributed by atoms with van der Waals surface area (Å²) in [5.41, 5.74) is 1.08. The zero-order chi connectivity index (χ0) is 12.5. The Bertz CT molecular complexity index is 660. The molecule has 0 aliphatic carbocycles. The molecule has 0 bridgehead atoms. The monoisotopic (exact) mass is 277 g/mol. The van der Waals surface area contributed by atoms with Gasteiger partial charge >= 0.3 is 0 Å². The summed E-state index contributed by atoms with van der Waals surface area (Å²) in [7, 11) is 0. The van der Waals surface area contributed by atoms with Gasteiger partial charge in [0, 0.05) is 22.8 Å². The summed E-state index contributed by atoms with van der Waals surface area (Å²) in [6, 6.07) is 6.15. The lowest BCUT2D eigenvalue weighted by atomic mass is 10.1. The van der Waals surface area contributed by atoms with E-state index in [1.54, 1.807) is 6.20 Å². The number of benzene rings is 1. The van der Waals surface area contributed by atoms with Crippen LogP contribution in [0.25, 0.3) is 10.1 Å². The fourth-order valence-electron chi connectivity index (χ4n) is 2.17. The smallest absolute Gasteiger partial charge is 0.0952 e. The lowest BCUT2D eigenvalue weighted by molar-refractivity contribution is 0.560. The van der Waals surface area contributed by atoms with Crippen molar-refractivity contribution < 1.29 is 0 Å². The molecular formula is C13H12ClN3S. The maximum Gasteiger partial charge on any atom is 0.0952 e. The minimum absolute atomic E-state index is 0.222. The van der Waals surface area contributed by atoms with E-state index >= 15 is 0 Å². The van der Waals surface area contributed by atoms with Crippen molar-refractivity contribution in [3.63, 3.8) is 0 Å². The summed E-state index contributed by atoms with van der Waals surface area (Å²) in [4.78, 5) is 4.11. The molecule has 0 aliphatic heterocycles. The fourth-order valence-corrected chi connectivity index (χ4v) is 3.15. The SMILES string of the molecule is CCC(c1nsc2ccc(Cl)cc12)n1ccnc1. The van der Waals surface area contributed by atoms with Gasteiger partial charge in [0.2, 0.25) is 0 Å². The number of aromatic nitrogens is 3. The van der Waals surface area contributed by atoms with Crippen molar-refractivity contribution in [3.8, 4) is 0 Å². The average molecular weight is 278 g/mol. The van der Waals surface area contributed by atoms with E-state index in [0.29, 0.717) is 0 Å². The van der Waals surface area contributed by atoms with Gasteiger partial charge in [-0.25, -0.2) is 4.98 Å². The zero-order valence-electron chi connectivity index (χ0n) is 9.88. The first kappa shape index (κ1) is 11.7. The number of nitrogens with zero attached hydrogens (tertiary/aromatic N) is 3. The van der Waals surface area contributed by atoms with E-state index in [2.05, 4.69) is 20.8 Å². The molecule has 0 radical (unpaired) electrons. The van der Waals surface area contributed by atoms with Gasteiger partial charge in [0.15, 0.2) is 0 Å². The molecule has 18 heavy (non-hydrogen) atoms. The minimum Gasteiger partial charge on any atom is -0.328 e. The normalized spacial score (nSPS) is 13.0. The molecule has 3 rings (SSSR count).